The van der Waals surface area contributed by atoms with Gasteiger partial charge >= 0.3 is 27.7 Å². The minimum absolute atomic E-state index is 0.0417. The van der Waals surface area contributed by atoms with E-state index in [1.54, 1.807) is 46.8 Å². The predicted octanol–water partition coefficient (Wildman–Crippen LogP) is 5.95. The maximum Gasteiger partial charge on any atom is 0.534 e. The molecule has 0 radical (unpaired) electrons. The zero-order valence-corrected chi connectivity index (χ0v) is 24.9. The van der Waals surface area contributed by atoms with Crippen LogP contribution in [0, 0.1) is 0 Å². The fourth-order valence-corrected chi connectivity index (χ4v) is 4.93. The number of alkyl halides is 3. The van der Waals surface area contributed by atoms with Crippen LogP contribution in [0.4, 0.5) is 18.0 Å². The summed E-state index contributed by atoms with van der Waals surface area (Å²) in [6.07, 6.45) is -1.46. The third-order valence-corrected chi connectivity index (χ3v) is 7.43. The lowest BCUT2D eigenvalue weighted by molar-refractivity contribution is -0.155. The van der Waals surface area contributed by atoms with Crippen molar-refractivity contribution in [3.63, 3.8) is 0 Å². The van der Waals surface area contributed by atoms with E-state index in [9.17, 15) is 31.2 Å². The van der Waals surface area contributed by atoms with Gasteiger partial charge in [-0.15, -0.1) is 11.3 Å². The fourth-order valence-electron chi connectivity index (χ4n) is 3.29. The second kappa shape index (κ2) is 13.9. The summed E-state index contributed by atoms with van der Waals surface area (Å²) in [6.45, 7) is 7.96. The van der Waals surface area contributed by atoms with Gasteiger partial charge < -0.3 is 23.7 Å². The summed E-state index contributed by atoms with van der Waals surface area (Å²) in [4.78, 5) is 24.9. The molecule has 15 heteroatoms. The van der Waals surface area contributed by atoms with Crippen molar-refractivity contribution in [2.75, 3.05) is 13.2 Å². The monoisotopic (exact) mass is 629 g/mol. The van der Waals surface area contributed by atoms with Crippen molar-refractivity contribution in [2.45, 2.75) is 70.7 Å². The topological polar surface area (TPSA) is 117 Å². The van der Waals surface area contributed by atoms with Crippen LogP contribution in [0.1, 0.15) is 56.5 Å². The summed E-state index contributed by atoms with van der Waals surface area (Å²) in [7, 11) is -5.97. The highest BCUT2D eigenvalue weighted by Crippen LogP contribution is 2.34. The Kier molecular flexibility index (Phi) is 11.7. The Balaban J connectivity index is 2.36. The lowest BCUT2D eigenvalue weighted by Gasteiger charge is -2.21. The number of alkyl carbamates (subject to hydrolysis) is 1. The number of benzene rings is 1. The molecule has 9 nitrogen and oxygen atoms in total. The van der Waals surface area contributed by atoms with Crippen molar-refractivity contribution in [2.24, 2.45) is 0 Å². The van der Waals surface area contributed by atoms with E-state index < -0.39 is 51.7 Å². The molecule has 0 aliphatic rings. The van der Waals surface area contributed by atoms with Crippen LogP contribution < -0.4 is 9.50 Å². The van der Waals surface area contributed by atoms with Gasteiger partial charge in [-0.2, -0.15) is 21.6 Å². The minimum Gasteiger partial charge on any atom is -0.464 e. The molecule has 40 heavy (non-hydrogen) atoms. The lowest BCUT2D eigenvalue weighted by Crippen LogP contribution is -2.32. The Labute approximate surface area is 240 Å². The highest BCUT2D eigenvalue weighted by molar-refractivity contribution is 7.88. The Morgan fingerprint density at radius 3 is 2.35 bits per heavy atom. The molecule has 1 heterocycles. The molecule has 2 aromatic rings. The second-order valence-corrected chi connectivity index (χ2v) is 12.8. The van der Waals surface area contributed by atoms with E-state index in [2.05, 4.69) is 9.50 Å². The molecule has 1 N–H and O–H groups in total. The molecule has 0 fully saturated rings. The van der Waals surface area contributed by atoms with Crippen molar-refractivity contribution in [3.8, 4) is 5.75 Å². The Bertz CT molecular complexity index is 1280. The fraction of sp³-hybridized carbons (Fsp3) is 0.520. The number of carbonyl (C=O) groups is 2. The molecular weight excluding hydrogens is 599 g/mol. The number of ether oxygens (including phenoxy) is 3. The van der Waals surface area contributed by atoms with Crippen LogP contribution in [0.25, 0.3) is 0 Å². The molecule has 0 bridgehead atoms. The largest absolute Gasteiger partial charge is 0.534 e. The standard InChI is InChI=1S/C25H31ClF3NO8S2/c1-6-35-22(31)15(2)36-14-18(20-9-10-21(26)39-20)12-16-7-8-19(38-40(33,34)25(27,28)29)17(11-16)13-30-23(32)37-24(3,4)5/h7-11,15,18H,6,12-14H2,1-5H3,(H,30,32). The number of carbonyl (C=O) groups excluding carboxylic acids is 2. The molecule has 1 aromatic heterocycles. The maximum absolute atomic E-state index is 13.0. The van der Waals surface area contributed by atoms with Crippen LogP contribution >= 0.6 is 22.9 Å². The first-order valence-corrected chi connectivity index (χ1v) is 14.6. The maximum atomic E-state index is 13.0. The summed E-state index contributed by atoms with van der Waals surface area (Å²) in [5.41, 5.74) is -5.99. The number of thiophene rings is 1. The molecular formula is C25H31ClF3NO8S2. The van der Waals surface area contributed by atoms with Crippen molar-refractivity contribution in [1.29, 1.82) is 0 Å². The van der Waals surface area contributed by atoms with Crippen molar-refractivity contribution < 1.29 is 49.6 Å². The summed E-state index contributed by atoms with van der Waals surface area (Å²) < 4.78 is 83.0. The van der Waals surface area contributed by atoms with Gasteiger partial charge in [0.2, 0.25) is 0 Å². The summed E-state index contributed by atoms with van der Waals surface area (Å²) in [5, 5.41) is 2.39. The first-order valence-electron chi connectivity index (χ1n) is 12.0. The quantitative estimate of drug-likeness (QED) is 0.174. The molecule has 0 spiro atoms. The van der Waals surface area contributed by atoms with Gasteiger partial charge in [0.25, 0.3) is 0 Å². The number of hydrogen-bond acceptors (Lipinski definition) is 9. The van der Waals surface area contributed by atoms with E-state index in [0.717, 1.165) is 10.9 Å². The Morgan fingerprint density at radius 2 is 1.80 bits per heavy atom. The number of amides is 1. The molecule has 2 rings (SSSR count). The molecule has 1 aromatic carbocycles. The van der Waals surface area contributed by atoms with Gasteiger partial charge in [0.1, 0.15) is 11.4 Å². The smallest absolute Gasteiger partial charge is 0.464 e. The number of rotatable bonds is 12. The predicted molar refractivity (Wildman–Crippen MR) is 143 cm³/mol. The molecule has 0 aliphatic heterocycles. The van der Waals surface area contributed by atoms with Crippen molar-refractivity contribution in [3.05, 3.63) is 50.7 Å². The number of esters is 1. The molecule has 0 saturated heterocycles. The van der Waals surface area contributed by atoms with Crippen LogP contribution in [0.2, 0.25) is 4.34 Å². The van der Waals surface area contributed by atoms with Crippen LogP contribution in [0.3, 0.4) is 0 Å². The highest BCUT2D eigenvalue weighted by Gasteiger charge is 2.48. The average Bonchev–Trinajstić information content (AvgIpc) is 3.25. The molecule has 2 atom stereocenters. The van der Waals surface area contributed by atoms with Gasteiger partial charge in [-0.3, -0.25) is 0 Å². The van der Waals surface area contributed by atoms with Crippen LogP contribution in [0.5, 0.6) is 5.75 Å². The molecule has 0 aliphatic carbocycles. The van der Waals surface area contributed by atoms with Gasteiger partial charge in [-0.1, -0.05) is 23.7 Å². The van der Waals surface area contributed by atoms with Gasteiger partial charge in [-0.25, -0.2) is 9.59 Å². The zero-order chi connectivity index (χ0) is 30.3. The van der Waals surface area contributed by atoms with Gasteiger partial charge in [0.15, 0.2) is 6.10 Å². The van der Waals surface area contributed by atoms with Gasteiger partial charge in [0.05, 0.1) is 17.6 Å². The number of halogens is 4. The average molecular weight is 630 g/mol. The van der Waals surface area contributed by atoms with E-state index in [1.807, 2.05) is 0 Å². The Morgan fingerprint density at radius 1 is 1.12 bits per heavy atom. The van der Waals surface area contributed by atoms with E-state index in [0.29, 0.717) is 9.90 Å². The van der Waals surface area contributed by atoms with Crippen molar-refractivity contribution in [1.82, 2.24) is 5.32 Å². The highest BCUT2D eigenvalue weighted by atomic mass is 35.5. The van der Waals surface area contributed by atoms with Crippen LogP contribution in [0.15, 0.2) is 30.3 Å². The first kappa shape index (κ1) is 33.7. The zero-order valence-electron chi connectivity index (χ0n) is 22.5. The van der Waals surface area contributed by atoms with Gasteiger partial charge in [-0.05, 0) is 64.8 Å². The Hall–Kier alpha value is -2.55. The number of hydrogen-bond donors (Lipinski definition) is 1. The molecule has 2 unspecified atom stereocenters. The normalized spacial score (nSPS) is 13.8. The second-order valence-electron chi connectivity index (χ2n) is 9.55. The van der Waals surface area contributed by atoms with Crippen LogP contribution in [-0.2, 0) is 42.1 Å². The minimum atomic E-state index is -5.97. The van der Waals surface area contributed by atoms with E-state index in [4.69, 9.17) is 25.8 Å². The third kappa shape index (κ3) is 10.5. The first-order chi connectivity index (χ1) is 18.4. The summed E-state index contributed by atoms with van der Waals surface area (Å²) in [5.74, 6) is -1.49. The molecule has 224 valence electrons. The number of nitrogens with one attached hydrogen (secondary N) is 1. The van der Waals surface area contributed by atoms with E-state index >= 15 is 0 Å². The molecule has 1 amide bonds. The lowest BCUT2D eigenvalue weighted by atomic mass is 9.96. The van der Waals surface area contributed by atoms with Crippen LogP contribution in [-0.4, -0.2) is 50.9 Å². The third-order valence-electron chi connectivity index (χ3n) is 5.07. The molecule has 0 saturated carbocycles. The van der Waals surface area contributed by atoms with Gasteiger partial charge in [0, 0.05) is 22.9 Å². The summed E-state index contributed by atoms with van der Waals surface area (Å²) >= 11 is 7.40. The van der Waals surface area contributed by atoms with E-state index in [-0.39, 0.29) is 31.1 Å². The SMILES string of the molecule is CCOC(=O)C(C)OCC(Cc1ccc(OS(=O)(=O)C(F)(F)F)c(CNC(=O)OC(C)(C)C)c1)c1ccc(Cl)s1. The van der Waals surface area contributed by atoms with E-state index in [1.165, 1.54) is 23.5 Å². The summed E-state index contributed by atoms with van der Waals surface area (Å²) in [6, 6.07) is 7.36. The van der Waals surface area contributed by atoms with Crippen molar-refractivity contribution >= 4 is 45.1 Å².